The van der Waals surface area contributed by atoms with Crippen LogP contribution in [0.2, 0.25) is 0 Å². The van der Waals surface area contributed by atoms with Gasteiger partial charge in [0.1, 0.15) is 0 Å². The first-order valence-corrected chi connectivity index (χ1v) is 8.16. The lowest BCUT2D eigenvalue weighted by Crippen LogP contribution is -2.49. The molecule has 2 aliphatic rings. The van der Waals surface area contributed by atoms with Gasteiger partial charge in [-0.1, -0.05) is 0 Å². The lowest BCUT2D eigenvalue weighted by atomic mass is 10.1. The third-order valence-electron chi connectivity index (χ3n) is 4.74. The van der Waals surface area contributed by atoms with E-state index in [1.165, 1.54) is 25.3 Å². The Kier molecular flexibility index (Phi) is 6.57. The predicted molar refractivity (Wildman–Crippen MR) is 95.6 cm³/mol. The third-order valence-corrected chi connectivity index (χ3v) is 4.74. The first-order valence-electron chi connectivity index (χ1n) is 8.16. The second kappa shape index (κ2) is 8.46. The summed E-state index contributed by atoms with van der Waals surface area (Å²) in [5.74, 6) is 0.0181. The number of likely N-dealkylation sites (tertiary alicyclic amines) is 1. The molecule has 1 aromatic rings. The minimum absolute atomic E-state index is 0. The minimum Gasteiger partial charge on any atom is -0.490 e. The molecule has 0 bridgehead atoms. The summed E-state index contributed by atoms with van der Waals surface area (Å²) in [6.07, 6.45) is 0.968. The van der Waals surface area contributed by atoms with Crippen molar-refractivity contribution in [2.75, 3.05) is 46.4 Å². The highest BCUT2D eigenvalue weighted by Crippen LogP contribution is 2.28. The summed E-state index contributed by atoms with van der Waals surface area (Å²) in [5.41, 5.74) is 0.299. The van der Waals surface area contributed by atoms with Crippen molar-refractivity contribution in [3.05, 3.63) is 33.9 Å². The summed E-state index contributed by atoms with van der Waals surface area (Å²) in [5, 5.41) is 14.3. The second-order valence-corrected chi connectivity index (χ2v) is 6.12. The second-order valence-electron chi connectivity index (χ2n) is 6.12. The lowest BCUT2D eigenvalue weighted by molar-refractivity contribution is -0.385. The first kappa shape index (κ1) is 19.4. The van der Waals surface area contributed by atoms with Crippen LogP contribution in [0.3, 0.4) is 0 Å². The Morgan fingerprint density at radius 2 is 2.04 bits per heavy atom. The Balaban J connectivity index is 0.00000225. The van der Waals surface area contributed by atoms with E-state index in [1.54, 1.807) is 0 Å². The molecule has 9 heteroatoms. The number of nitro benzene ring substituents is 1. The van der Waals surface area contributed by atoms with Gasteiger partial charge >= 0.3 is 5.69 Å². The van der Waals surface area contributed by atoms with Gasteiger partial charge in [0.25, 0.3) is 5.91 Å². The van der Waals surface area contributed by atoms with Crippen molar-refractivity contribution in [3.63, 3.8) is 0 Å². The summed E-state index contributed by atoms with van der Waals surface area (Å²) in [6, 6.07) is 4.69. The van der Waals surface area contributed by atoms with E-state index >= 15 is 0 Å². The van der Waals surface area contributed by atoms with Crippen molar-refractivity contribution in [2.45, 2.75) is 12.5 Å². The molecule has 1 unspecified atom stereocenters. The number of hydrogen-bond acceptors (Lipinski definition) is 6. The molecule has 0 spiro atoms. The number of nitro groups is 1. The Bertz CT molecular complexity index is 637. The highest BCUT2D eigenvalue weighted by molar-refractivity contribution is 5.95. The quantitative estimate of drug-likeness (QED) is 0.631. The predicted octanol–water partition coefficient (Wildman–Crippen LogP) is 1.14. The zero-order valence-corrected chi connectivity index (χ0v) is 15.0. The van der Waals surface area contributed by atoms with Gasteiger partial charge in [-0.15, -0.1) is 12.4 Å². The number of rotatable bonds is 4. The van der Waals surface area contributed by atoms with Crippen LogP contribution >= 0.6 is 12.4 Å². The molecule has 3 rings (SSSR count). The van der Waals surface area contributed by atoms with Crippen LogP contribution in [-0.4, -0.2) is 73.1 Å². The van der Waals surface area contributed by atoms with E-state index in [4.69, 9.17) is 4.74 Å². The summed E-state index contributed by atoms with van der Waals surface area (Å²) < 4.78 is 5.05. The molecule has 0 saturated carbocycles. The fourth-order valence-electron chi connectivity index (χ4n) is 3.42. The monoisotopic (exact) mass is 370 g/mol. The van der Waals surface area contributed by atoms with Crippen LogP contribution in [-0.2, 0) is 0 Å². The summed E-state index contributed by atoms with van der Waals surface area (Å²) in [7, 11) is 1.37. The van der Waals surface area contributed by atoms with E-state index < -0.39 is 4.92 Å². The van der Waals surface area contributed by atoms with Crippen LogP contribution < -0.4 is 10.1 Å². The van der Waals surface area contributed by atoms with Crippen LogP contribution in [0.15, 0.2) is 18.2 Å². The van der Waals surface area contributed by atoms with Crippen LogP contribution in [0.1, 0.15) is 16.8 Å². The average Bonchev–Trinajstić information content (AvgIpc) is 3.11. The van der Waals surface area contributed by atoms with Crippen molar-refractivity contribution in [3.8, 4) is 5.75 Å². The van der Waals surface area contributed by atoms with Gasteiger partial charge in [-0.2, -0.15) is 0 Å². The van der Waals surface area contributed by atoms with Gasteiger partial charge in [0.15, 0.2) is 5.75 Å². The molecular weight excluding hydrogens is 348 g/mol. The molecular formula is C16H23ClN4O4. The van der Waals surface area contributed by atoms with Crippen LogP contribution in [0.4, 0.5) is 5.69 Å². The number of carbonyl (C=O) groups is 1. The molecule has 1 amide bonds. The number of nitrogens with one attached hydrogen (secondary N) is 1. The van der Waals surface area contributed by atoms with Crippen molar-refractivity contribution < 1.29 is 14.5 Å². The standard InChI is InChI=1S/C16H22N4O4.ClH/c1-24-15-10-12(2-3-14(15)20(22)23)16(21)19-7-4-13(11-19)18-8-5-17-6-9-18;/h2-3,10,13,17H,4-9,11H2,1H3;1H. The maximum absolute atomic E-state index is 12.7. The van der Waals surface area contributed by atoms with Gasteiger partial charge in [0.2, 0.25) is 0 Å². The molecule has 0 radical (unpaired) electrons. The smallest absolute Gasteiger partial charge is 0.310 e. The number of halogens is 1. The highest BCUT2D eigenvalue weighted by atomic mass is 35.5. The molecule has 0 aliphatic carbocycles. The van der Waals surface area contributed by atoms with Crippen LogP contribution in [0, 0.1) is 10.1 Å². The molecule has 2 aliphatic heterocycles. The topological polar surface area (TPSA) is 88.0 Å². The number of piperazine rings is 1. The van der Waals surface area contributed by atoms with Gasteiger partial charge in [-0.25, -0.2) is 0 Å². The number of ether oxygens (including phenoxy) is 1. The van der Waals surface area contributed by atoms with Gasteiger partial charge < -0.3 is 15.0 Å². The molecule has 8 nitrogen and oxygen atoms in total. The molecule has 25 heavy (non-hydrogen) atoms. The molecule has 1 N–H and O–H groups in total. The van der Waals surface area contributed by atoms with Crippen LogP contribution in [0.25, 0.3) is 0 Å². The Hall–Kier alpha value is -1.90. The van der Waals surface area contributed by atoms with Gasteiger partial charge in [0.05, 0.1) is 12.0 Å². The Morgan fingerprint density at radius 1 is 1.32 bits per heavy atom. The molecule has 0 aromatic heterocycles. The van der Waals surface area contributed by atoms with E-state index in [0.717, 1.165) is 32.6 Å². The van der Waals surface area contributed by atoms with Gasteiger partial charge in [-0.05, 0) is 12.5 Å². The fraction of sp³-hybridized carbons (Fsp3) is 0.562. The number of nitrogens with zero attached hydrogens (tertiary/aromatic N) is 3. The summed E-state index contributed by atoms with van der Waals surface area (Å²) >= 11 is 0. The molecule has 138 valence electrons. The average molecular weight is 371 g/mol. The van der Waals surface area contributed by atoms with Gasteiger partial charge in [-0.3, -0.25) is 19.8 Å². The van der Waals surface area contributed by atoms with Crippen molar-refractivity contribution in [1.29, 1.82) is 0 Å². The highest BCUT2D eigenvalue weighted by Gasteiger charge is 2.31. The maximum Gasteiger partial charge on any atom is 0.310 e. The van der Waals surface area contributed by atoms with E-state index in [9.17, 15) is 14.9 Å². The molecule has 2 fully saturated rings. The van der Waals surface area contributed by atoms with Crippen LogP contribution in [0.5, 0.6) is 5.75 Å². The Morgan fingerprint density at radius 3 is 2.68 bits per heavy atom. The first-order chi connectivity index (χ1) is 11.6. The molecule has 1 aromatic carbocycles. The number of benzene rings is 1. The largest absolute Gasteiger partial charge is 0.490 e. The Labute approximate surface area is 152 Å². The third kappa shape index (κ3) is 4.20. The zero-order chi connectivity index (χ0) is 17.1. The SMILES string of the molecule is COc1cc(C(=O)N2CCC(N3CCNCC3)C2)ccc1[N+](=O)[O-].Cl. The summed E-state index contributed by atoms with van der Waals surface area (Å²) in [4.78, 5) is 27.4. The number of carbonyl (C=O) groups excluding carboxylic acids is 1. The summed E-state index contributed by atoms with van der Waals surface area (Å²) in [6.45, 7) is 5.43. The number of hydrogen-bond donors (Lipinski definition) is 1. The van der Waals surface area contributed by atoms with E-state index in [-0.39, 0.29) is 29.8 Å². The molecule has 1 atom stereocenters. The number of methoxy groups -OCH3 is 1. The maximum atomic E-state index is 12.7. The lowest BCUT2D eigenvalue weighted by Gasteiger charge is -2.32. The normalized spacial score (nSPS) is 20.8. The van der Waals surface area contributed by atoms with Crippen molar-refractivity contribution in [2.24, 2.45) is 0 Å². The molecule has 2 heterocycles. The van der Waals surface area contributed by atoms with E-state index in [2.05, 4.69) is 10.2 Å². The molecule has 2 saturated heterocycles. The number of amides is 1. The zero-order valence-electron chi connectivity index (χ0n) is 14.1. The minimum atomic E-state index is -0.511. The fourth-order valence-corrected chi connectivity index (χ4v) is 3.42. The van der Waals surface area contributed by atoms with E-state index in [1.807, 2.05) is 4.90 Å². The van der Waals surface area contributed by atoms with Gasteiger partial charge in [0, 0.05) is 63.0 Å². The van der Waals surface area contributed by atoms with Crippen molar-refractivity contribution in [1.82, 2.24) is 15.1 Å². The van der Waals surface area contributed by atoms with Crippen molar-refractivity contribution >= 4 is 24.0 Å². The van der Waals surface area contributed by atoms with E-state index in [0.29, 0.717) is 24.7 Å².